The van der Waals surface area contributed by atoms with Gasteiger partial charge < -0.3 is 14.6 Å². The molecule has 2 unspecified atom stereocenters. The summed E-state index contributed by atoms with van der Waals surface area (Å²) in [6.45, 7) is 9.05. The molecule has 106 valence electrons. The second-order valence-corrected chi connectivity index (χ2v) is 5.60. The van der Waals surface area contributed by atoms with Crippen molar-refractivity contribution in [2.45, 2.75) is 38.3 Å². The lowest BCUT2D eigenvalue weighted by molar-refractivity contribution is -0.00937. The predicted molar refractivity (Wildman–Crippen MR) is 69.7 cm³/mol. The summed E-state index contributed by atoms with van der Waals surface area (Å²) >= 11 is 0. The molecule has 1 aromatic rings. The van der Waals surface area contributed by atoms with Crippen LogP contribution in [0.15, 0.2) is 4.52 Å². The van der Waals surface area contributed by atoms with E-state index >= 15 is 0 Å². The lowest BCUT2D eigenvalue weighted by Crippen LogP contribution is -2.44. The molecular formula is C13H22N4O2. The second-order valence-electron chi connectivity index (χ2n) is 5.60. The largest absolute Gasteiger partial charge is 0.365 e. The summed E-state index contributed by atoms with van der Waals surface area (Å²) in [6, 6.07) is 0.199. The molecule has 0 saturated carbocycles. The van der Waals surface area contributed by atoms with Gasteiger partial charge in [-0.3, -0.25) is 4.90 Å². The summed E-state index contributed by atoms with van der Waals surface area (Å²) in [7, 11) is 0. The number of hydrogen-bond donors (Lipinski definition) is 1. The molecule has 0 bridgehead atoms. The van der Waals surface area contributed by atoms with Crippen LogP contribution in [0.5, 0.6) is 0 Å². The highest BCUT2D eigenvalue weighted by Gasteiger charge is 2.38. The van der Waals surface area contributed by atoms with E-state index in [1.807, 2.05) is 6.92 Å². The predicted octanol–water partition coefficient (Wildman–Crippen LogP) is 1.06. The molecule has 0 amide bonds. The van der Waals surface area contributed by atoms with Crippen LogP contribution in [-0.4, -0.2) is 47.8 Å². The van der Waals surface area contributed by atoms with Crippen LogP contribution in [-0.2, 0) is 10.3 Å². The minimum atomic E-state index is -0.381. The van der Waals surface area contributed by atoms with Crippen molar-refractivity contribution >= 4 is 0 Å². The van der Waals surface area contributed by atoms with Crippen LogP contribution in [0.3, 0.4) is 0 Å². The maximum Gasteiger partial charge on any atom is 0.258 e. The number of nitrogens with one attached hydrogen (secondary N) is 1. The van der Waals surface area contributed by atoms with E-state index in [-0.39, 0.29) is 11.6 Å². The molecule has 3 heterocycles. The first-order valence-corrected chi connectivity index (χ1v) is 7.12. The molecule has 2 atom stereocenters. The normalized spacial score (nSPS) is 30.6. The van der Waals surface area contributed by atoms with Crippen molar-refractivity contribution < 1.29 is 9.26 Å². The Balaban J connectivity index is 1.73. The summed E-state index contributed by atoms with van der Waals surface area (Å²) in [5.41, 5.74) is -0.381. The minimum absolute atomic E-state index is 0.199. The van der Waals surface area contributed by atoms with Gasteiger partial charge >= 0.3 is 0 Å². The molecule has 19 heavy (non-hydrogen) atoms. The highest BCUT2D eigenvalue weighted by Crippen LogP contribution is 2.35. The highest BCUT2D eigenvalue weighted by atomic mass is 16.5. The van der Waals surface area contributed by atoms with Crippen molar-refractivity contribution in [2.75, 3.05) is 32.8 Å². The molecule has 2 aliphatic rings. The Bertz CT molecular complexity index is 422. The van der Waals surface area contributed by atoms with Gasteiger partial charge in [0.15, 0.2) is 5.82 Å². The molecule has 6 nitrogen and oxygen atoms in total. The average molecular weight is 266 g/mol. The van der Waals surface area contributed by atoms with E-state index in [2.05, 4.69) is 27.3 Å². The van der Waals surface area contributed by atoms with Crippen LogP contribution >= 0.6 is 0 Å². The van der Waals surface area contributed by atoms with Crippen molar-refractivity contribution in [3.63, 3.8) is 0 Å². The van der Waals surface area contributed by atoms with Gasteiger partial charge in [-0.15, -0.1) is 0 Å². The van der Waals surface area contributed by atoms with Crippen molar-refractivity contribution in [2.24, 2.45) is 0 Å². The molecule has 1 N–H and O–H groups in total. The molecule has 6 heteroatoms. The maximum atomic E-state index is 5.75. The van der Waals surface area contributed by atoms with Gasteiger partial charge in [-0.2, -0.15) is 4.98 Å². The zero-order chi connectivity index (χ0) is 13.3. The van der Waals surface area contributed by atoms with Gasteiger partial charge in [-0.05, 0) is 26.7 Å². The minimum Gasteiger partial charge on any atom is -0.365 e. The highest BCUT2D eigenvalue weighted by molar-refractivity contribution is 5.02. The monoisotopic (exact) mass is 266 g/mol. The van der Waals surface area contributed by atoms with E-state index in [0.29, 0.717) is 5.89 Å². The van der Waals surface area contributed by atoms with E-state index in [1.165, 1.54) is 0 Å². The lowest BCUT2D eigenvalue weighted by atomic mass is 10.0. The van der Waals surface area contributed by atoms with Crippen LogP contribution in [0.2, 0.25) is 0 Å². The molecule has 0 radical (unpaired) electrons. The summed E-state index contributed by atoms with van der Waals surface area (Å²) < 4.78 is 11.2. The number of ether oxygens (including phenoxy) is 1. The molecule has 2 fully saturated rings. The van der Waals surface area contributed by atoms with E-state index in [4.69, 9.17) is 9.26 Å². The number of hydrogen-bond acceptors (Lipinski definition) is 6. The molecule has 2 saturated heterocycles. The Kier molecular flexibility index (Phi) is 3.56. The fourth-order valence-electron chi connectivity index (χ4n) is 2.80. The van der Waals surface area contributed by atoms with Crippen LogP contribution in [0.1, 0.15) is 44.4 Å². The third kappa shape index (κ3) is 2.52. The maximum absolute atomic E-state index is 5.75. The van der Waals surface area contributed by atoms with Crippen LogP contribution in [0, 0.1) is 0 Å². The molecule has 0 aromatic carbocycles. The topological polar surface area (TPSA) is 63.4 Å². The van der Waals surface area contributed by atoms with E-state index in [1.54, 1.807) is 0 Å². The second kappa shape index (κ2) is 5.19. The number of piperazine rings is 1. The van der Waals surface area contributed by atoms with Crippen LogP contribution in [0.4, 0.5) is 0 Å². The van der Waals surface area contributed by atoms with E-state index < -0.39 is 0 Å². The number of nitrogens with zero attached hydrogens (tertiary/aromatic N) is 3. The molecule has 0 spiro atoms. The van der Waals surface area contributed by atoms with Crippen molar-refractivity contribution in [3.8, 4) is 0 Å². The van der Waals surface area contributed by atoms with Gasteiger partial charge in [-0.1, -0.05) is 5.16 Å². The smallest absolute Gasteiger partial charge is 0.258 e. The average Bonchev–Trinajstić information content (AvgIpc) is 3.08. The van der Waals surface area contributed by atoms with Gasteiger partial charge in [0.2, 0.25) is 0 Å². The van der Waals surface area contributed by atoms with E-state index in [9.17, 15) is 0 Å². The zero-order valence-electron chi connectivity index (χ0n) is 11.7. The van der Waals surface area contributed by atoms with Crippen LogP contribution in [0.25, 0.3) is 0 Å². The fourth-order valence-corrected chi connectivity index (χ4v) is 2.80. The SMILES string of the molecule is CC(c1noc(C2(C)CCCO2)n1)N1CCNCC1. The van der Waals surface area contributed by atoms with Gasteiger partial charge in [-0.25, -0.2) is 0 Å². The molecule has 3 rings (SSSR count). The van der Waals surface area contributed by atoms with Crippen molar-refractivity contribution in [3.05, 3.63) is 11.7 Å². The van der Waals surface area contributed by atoms with Crippen LogP contribution < -0.4 is 5.32 Å². The summed E-state index contributed by atoms with van der Waals surface area (Å²) in [6.07, 6.45) is 2.01. The summed E-state index contributed by atoms with van der Waals surface area (Å²) in [4.78, 5) is 6.95. The Morgan fingerprint density at radius 1 is 1.37 bits per heavy atom. The van der Waals surface area contributed by atoms with Gasteiger partial charge in [0.05, 0.1) is 6.04 Å². The van der Waals surface area contributed by atoms with Gasteiger partial charge in [0, 0.05) is 32.8 Å². The zero-order valence-corrected chi connectivity index (χ0v) is 11.7. The summed E-state index contributed by atoms with van der Waals surface area (Å²) in [5, 5.41) is 7.50. The molecule has 0 aliphatic carbocycles. The Morgan fingerprint density at radius 2 is 2.16 bits per heavy atom. The molecular weight excluding hydrogens is 244 g/mol. The fraction of sp³-hybridized carbons (Fsp3) is 0.846. The Labute approximate surface area is 113 Å². The van der Waals surface area contributed by atoms with Crippen molar-refractivity contribution in [1.29, 1.82) is 0 Å². The third-order valence-corrected chi connectivity index (χ3v) is 4.19. The lowest BCUT2D eigenvalue weighted by Gasteiger charge is -2.30. The molecule has 2 aliphatic heterocycles. The van der Waals surface area contributed by atoms with Gasteiger partial charge in [0.25, 0.3) is 5.89 Å². The van der Waals surface area contributed by atoms with E-state index in [0.717, 1.165) is 51.5 Å². The first-order chi connectivity index (χ1) is 9.19. The van der Waals surface area contributed by atoms with Crippen molar-refractivity contribution in [1.82, 2.24) is 20.4 Å². The number of aromatic nitrogens is 2. The third-order valence-electron chi connectivity index (χ3n) is 4.19. The summed E-state index contributed by atoms with van der Waals surface area (Å²) in [5.74, 6) is 1.40. The first kappa shape index (κ1) is 13.0. The van der Waals surface area contributed by atoms with Gasteiger partial charge in [0.1, 0.15) is 5.60 Å². The first-order valence-electron chi connectivity index (χ1n) is 7.12. The molecule has 1 aromatic heterocycles. The number of rotatable bonds is 3. The Morgan fingerprint density at radius 3 is 2.84 bits per heavy atom. The quantitative estimate of drug-likeness (QED) is 0.882. The Hall–Kier alpha value is -0.980. The standard InChI is InChI=1S/C13H22N4O2/c1-10(17-7-5-14-6-8-17)11-15-12(19-16-11)13(2)4-3-9-18-13/h10,14H,3-9H2,1-2H3.